The van der Waals surface area contributed by atoms with Crippen molar-refractivity contribution in [1.29, 1.82) is 0 Å². The Morgan fingerprint density at radius 3 is 2.50 bits per heavy atom. The van der Waals surface area contributed by atoms with Gasteiger partial charge in [0.25, 0.3) is 0 Å². The molecule has 0 atom stereocenters. The fourth-order valence-corrected chi connectivity index (χ4v) is 0.215. The van der Waals surface area contributed by atoms with E-state index in [1.54, 1.807) is 18.7 Å². The molecule has 1 aromatic rings. The molecule has 0 spiro atoms. The molecule has 1 heterocycles. The van der Waals surface area contributed by atoms with Crippen LogP contribution in [0.25, 0.3) is 0 Å². The number of aromatic nitrogens is 2. The van der Waals surface area contributed by atoms with Crippen LogP contribution in [0.3, 0.4) is 0 Å². The molecule has 1 aromatic heterocycles. The largest absolute Gasteiger partial charge is 0.351 e. The van der Waals surface area contributed by atoms with E-state index in [4.69, 9.17) is 0 Å². The summed E-state index contributed by atoms with van der Waals surface area (Å²) in [6.45, 7) is 0. The number of rotatable bonds is 0. The van der Waals surface area contributed by atoms with Crippen LogP contribution in [0, 0.1) is 49.4 Å². The van der Waals surface area contributed by atoms with Crippen molar-refractivity contribution in [3.8, 4) is 0 Å². The molecule has 0 saturated carbocycles. The summed E-state index contributed by atoms with van der Waals surface area (Å²) in [7, 11) is 0. The Labute approximate surface area is 76.9 Å². The third kappa shape index (κ3) is 2.06. The average Bonchev–Trinajstić information content (AvgIpc) is 1.76. The van der Waals surface area contributed by atoms with Gasteiger partial charge in [-0.15, -0.1) is 0 Å². The zero-order valence-electron chi connectivity index (χ0n) is 3.06. The number of aromatic amines is 1. The van der Waals surface area contributed by atoms with Crippen molar-refractivity contribution in [2.24, 2.45) is 0 Å². The first-order valence-electron chi connectivity index (χ1n) is 1.43. The van der Waals surface area contributed by atoms with Gasteiger partial charge in [0.05, 0.1) is 6.33 Å². The summed E-state index contributed by atoms with van der Waals surface area (Å²) in [6.07, 6.45) is 5.08. The van der Waals surface area contributed by atoms with Crippen LogP contribution >= 0.6 is 0 Å². The van der Waals surface area contributed by atoms with Crippen LogP contribution in [0.1, 0.15) is 0 Å². The monoisotopic (exact) mass is 221 g/mol. The van der Waals surface area contributed by atoms with Crippen molar-refractivity contribution in [2.75, 3.05) is 0 Å². The fraction of sp³-hybridized carbons (Fsp3) is 0. The van der Waals surface area contributed by atoms with E-state index in [-0.39, 0.29) is 49.4 Å². The van der Waals surface area contributed by atoms with E-state index in [1.807, 2.05) is 0 Å². The zero-order chi connectivity index (χ0) is 3.54. The number of nitrogens with zero attached hydrogens (tertiary/aromatic N) is 1. The number of H-pyrrole nitrogens is 1. The Morgan fingerprint density at radius 2 is 2.33 bits per heavy atom. The second-order valence-electron chi connectivity index (χ2n) is 0.761. The van der Waals surface area contributed by atoms with Crippen LogP contribution < -0.4 is 0 Å². The summed E-state index contributed by atoms with van der Waals surface area (Å²) >= 11 is 0. The molecular formula is C3H4EuN2. The van der Waals surface area contributed by atoms with E-state index >= 15 is 0 Å². The Kier molecular flexibility index (Phi) is 4.49. The Morgan fingerprint density at radius 1 is 1.50 bits per heavy atom. The van der Waals surface area contributed by atoms with Crippen molar-refractivity contribution in [3.63, 3.8) is 0 Å². The van der Waals surface area contributed by atoms with Crippen molar-refractivity contribution >= 4 is 0 Å². The van der Waals surface area contributed by atoms with E-state index in [0.29, 0.717) is 0 Å². The summed E-state index contributed by atoms with van der Waals surface area (Å²) in [5.41, 5.74) is 0. The first-order valence-corrected chi connectivity index (χ1v) is 1.43. The van der Waals surface area contributed by atoms with Crippen molar-refractivity contribution in [3.05, 3.63) is 18.7 Å². The van der Waals surface area contributed by atoms with Gasteiger partial charge < -0.3 is 4.98 Å². The first kappa shape index (κ1) is 6.79. The van der Waals surface area contributed by atoms with Gasteiger partial charge >= 0.3 is 0 Å². The quantitative estimate of drug-likeness (QED) is 0.673. The zero-order valence-corrected chi connectivity index (χ0v) is 5.48. The Balaban J connectivity index is 0.000000250. The average molecular weight is 220 g/mol. The molecule has 3 heteroatoms. The van der Waals surface area contributed by atoms with Crippen molar-refractivity contribution in [1.82, 2.24) is 9.97 Å². The van der Waals surface area contributed by atoms with Crippen LogP contribution in [0.2, 0.25) is 0 Å². The fourth-order valence-electron chi connectivity index (χ4n) is 0.215. The number of hydrogen-bond acceptors (Lipinski definition) is 1. The third-order valence-corrected chi connectivity index (χ3v) is 0.406. The number of hydrogen-bond donors (Lipinski definition) is 1. The maximum atomic E-state index is 3.67. The molecule has 0 unspecified atom stereocenters. The molecule has 1 rings (SSSR count). The summed E-state index contributed by atoms with van der Waals surface area (Å²) in [6, 6.07) is 0. The number of imidazole rings is 1. The summed E-state index contributed by atoms with van der Waals surface area (Å²) in [4.78, 5) is 6.42. The van der Waals surface area contributed by atoms with E-state index in [9.17, 15) is 0 Å². The van der Waals surface area contributed by atoms with Gasteiger partial charge in [-0.3, -0.25) is 0 Å². The van der Waals surface area contributed by atoms with Crippen molar-refractivity contribution < 1.29 is 49.4 Å². The molecule has 0 saturated heterocycles. The van der Waals surface area contributed by atoms with Crippen LogP contribution in [0.15, 0.2) is 18.7 Å². The second kappa shape index (κ2) is 3.97. The second-order valence-corrected chi connectivity index (χ2v) is 0.761. The molecule has 0 aromatic carbocycles. The SMILES string of the molecule is [Eu].c1c[nH]cn1. The predicted octanol–water partition coefficient (Wildman–Crippen LogP) is 0.410. The molecule has 33 valence electrons. The maximum Gasteiger partial charge on any atom is 0.0919 e. The van der Waals surface area contributed by atoms with E-state index < -0.39 is 0 Å². The summed E-state index contributed by atoms with van der Waals surface area (Å²) in [5.74, 6) is 0. The maximum absolute atomic E-state index is 3.67. The molecule has 1 radical (unpaired) electrons. The summed E-state index contributed by atoms with van der Waals surface area (Å²) < 4.78 is 0. The van der Waals surface area contributed by atoms with E-state index in [0.717, 1.165) is 0 Å². The number of nitrogens with one attached hydrogen (secondary N) is 1. The van der Waals surface area contributed by atoms with Crippen LogP contribution in [0.5, 0.6) is 0 Å². The minimum absolute atomic E-state index is 0. The van der Waals surface area contributed by atoms with Gasteiger partial charge in [0.2, 0.25) is 0 Å². The molecule has 6 heavy (non-hydrogen) atoms. The first-order chi connectivity index (χ1) is 2.50. The van der Waals surface area contributed by atoms with Gasteiger partial charge in [-0.2, -0.15) is 0 Å². The molecule has 0 aliphatic carbocycles. The molecule has 0 fully saturated rings. The van der Waals surface area contributed by atoms with Gasteiger partial charge in [0.1, 0.15) is 0 Å². The molecule has 0 bridgehead atoms. The van der Waals surface area contributed by atoms with E-state index in [1.165, 1.54) is 0 Å². The predicted molar refractivity (Wildman–Crippen MR) is 18.6 cm³/mol. The molecule has 2 nitrogen and oxygen atoms in total. The van der Waals surface area contributed by atoms with Gasteiger partial charge in [0.15, 0.2) is 0 Å². The van der Waals surface area contributed by atoms with Gasteiger partial charge in [0, 0.05) is 61.8 Å². The van der Waals surface area contributed by atoms with Crippen LogP contribution in [-0.4, -0.2) is 9.97 Å². The molecule has 0 aliphatic rings. The molecule has 0 amide bonds. The normalized spacial score (nSPS) is 6.67. The molecular weight excluding hydrogens is 216 g/mol. The van der Waals surface area contributed by atoms with Crippen LogP contribution in [-0.2, 0) is 0 Å². The molecule has 1 N–H and O–H groups in total. The topological polar surface area (TPSA) is 28.7 Å². The van der Waals surface area contributed by atoms with Gasteiger partial charge in [-0.05, 0) is 0 Å². The van der Waals surface area contributed by atoms with Gasteiger partial charge in [-0.1, -0.05) is 0 Å². The van der Waals surface area contributed by atoms with Gasteiger partial charge in [-0.25, -0.2) is 4.98 Å². The molecule has 0 aliphatic heterocycles. The minimum atomic E-state index is 0. The minimum Gasteiger partial charge on any atom is -0.351 e. The smallest absolute Gasteiger partial charge is 0.0919 e. The van der Waals surface area contributed by atoms with E-state index in [2.05, 4.69) is 9.97 Å². The Hall–Kier alpha value is 0.794. The van der Waals surface area contributed by atoms with Crippen molar-refractivity contribution in [2.45, 2.75) is 0 Å². The van der Waals surface area contributed by atoms with Crippen LogP contribution in [0.4, 0.5) is 0 Å². The third-order valence-electron chi connectivity index (χ3n) is 0.406. The standard InChI is InChI=1S/C3H4N2.Eu/c1-2-5-3-4-1;/h1-3H,(H,4,5);. The summed E-state index contributed by atoms with van der Waals surface area (Å²) in [5, 5.41) is 0. The Bertz CT molecular complexity index is 65.3.